The minimum absolute atomic E-state index is 0.0336. The summed E-state index contributed by atoms with van der Waals surface area (Å²) in [6, 6.07) is 8.57. The van der Waals surface area contributed by atoms with Crippen molar-refractivity contribution in [2.24, 2.45) is 5.73 Å². The maximum Gasteiger partial charge on any atom is 0.321 e. The van der Waals surface area contributed by atoms with Crippen molar-refractivity contribution in [3.05, 3.63) is 58.4 Å². The molecule has 1 saturated heterocycles. The topological polar surface area (TPSA) is 143 Å². The number of halogens is 2. The summed E-state index contributed by atoms with van der Waals surface area (Å²) in [5.74, 6) is -1.99. The van der Waals surface area contributed by atoms with Gasteiger partial charge in [-0.3, -0.25) is 19.4 Å². The number of urea groups is 1. The van der Waals surface area contributed by atoms with Crippen LogP contribution in [-0.2, 0) is 20.9 Å². The Kier molecular flexibility index (Phi) is 9.56. The van der Waals surface area contributed by atoms with Crippen LogP contribution in [0.15, 0.2) is 36.4 Å². The average molecular weight is 629 g/mol. The highest BCUT2D eigenvalue weighted by Crippen LogP contribution is 2.35. The van der Waals surface area contributed by atoms with E-state index < -0.39 is 23.7 Å². The number of carbonyl (C=O) groups is 4. The van der Waals surface area contributed by atoms with Gasteiger partial charge in [0.15, 0.2) is 0 Å². The van der Waals surface area contributed by atoms with Crippen molar-refractivity contribution < 1.29 is 23.6 Å². The Labute approximate surface area is 260 Å². The van der Waals surface area contributed by atoms with E-state index in [-0.39, 0.29) is 54.2 Å². The Morgan fingerprint density at radius 1 is 1.09 bits per heavy atom. The third kappa shape index (κ3) is 7.22. The van der Waals surface area contributed by atoms with E-state index in [1.807, 2.05) is 0 Å². The van der Waals surface area contributed by atoms with Gasteiger partial charge in [0, 0.05) is 42.5 Å². The molecule has 0 radical (unpaired) electrons. The van der Waals surface area contributed by atoms with E-state index in [1.165, 1.54) is 22.0 Å². The van der Waals surface area contributed by atoms with Gasteiger partial charge in [-0.15, -0.1) is 0 Å². The number of nitrogens with two attached hydrogens (primary N) is 1. The number of anilines is 2. The number of benzene rings is 2. The molecular weight excluding hydrogens is 591 g/mol. The normalized spacial score (nSPS) is 18.5. The molecule has 1 aliphatic carbocycles. The maximum absolute atomic E-state index is 14.2. The van der Waals surface area contributed by atoms with Crippen molar-refractivity contribution in [1.29, 1.82) is 0 Å². The first-order valence-corrected chi connectivity index (χ1v) is 15.1. The Hall–Kier alpha value is -3.94. The van der Waals surface area contributed by atoms with Gasteiger partial charge < -0.3 is 31.1 Å². The fourth-order valence-electron chi connectivity index (χ4n) is 5.63. The predicted molar refractivity (Wildman–Crippen MR) is 164 cm³/mol. The summed E-state index contributed by atoms with van der Waals surface area (Å²) in [6.07, 6.45) is 3.32. The Balaban J connectivity index is 1.22. The lowest BCUT2D eigenvalue weighted by atomic mass is 10.0. The van der Waals surface area contributed by atoms with Crippen molar-refractivity contribution in [2.45, 2.75) is 50.4 Å². The van der Waals surface area contributed by atoms with Crippen LogP contribution >= 0.6 is 11.6 Å². The smallest absolute Gasteiger partial charge is 0.321 e. The molecule has 2 aromatic carbocycles. The molecule has 12 nitrogen and oxygen atoms in total. The minimum atomic E-state index is -0.911. The van der Waals surface area contributed by atoms with Crippen molar-refractivity contribution in [2.75, 3.05) is 50.6 Å². The highest BCUT2D eigenvalue weighted by atomic mass is 35.5. The van der Waals surface area contributed by atoms with Gasteiger partial charge >= 0.3 is 6.03 Å². The zero-order valence-electron chi connectivity index (χ0n) is 24.8. The monoisotopic (exact) mass is 628 g/mol. The van der Waals surface area contributed by atoms with Crippen LogP contribution in [-0.4, -0.2) is 90.8 Å². The van der Waals surface area contributed by atoms with Crippen LogP contribution in [0, 0.1) is 5.82 Å². The number of rotatable bonds is 10. The number of hydrazine groups is 1. The molecule has 44 heavy (non-hydrogen) atoms. The molecule has 0 aromatic heterocycles. The number of nitrogens with zero attached hydrogens (tertiary/aromatic N) is 4. The van der Waals surface area contributed by atoms with E-state index in [4.69, 9.17) is 17.3 Å². The number of primary amides is 1. The van der Waals surface area contributed by atoms with Crippen LogP contribution in [0.25, 0.3) is 0 Å². The summed E-state index contributed by atoms with van der Waals surface area (Å²) in [5.41, 5.74) is 10.5. The fraction of sp³-hybridized carbons (Fsp3) is 0.467. The third-order valence-corrected chi connectivity index (χ3v) is 8.72. The zero-order chi connectivity index (χ0) is 31.5. The van der Waals surface area contributed by atoms with Gasteiger partial charge in [0.1, 0.15) is 18.4 Å². The number of amides is 5. The van der Waals surface area contributed by atoms with Crippen LogP contribution in [0.3, 0.4) is 0 Å². The fourth-order valence-corrected chi connectivity index (χ4v) is 5.83. The second-order valence-electron chi connectivity index (χ2n) is 11.6. The molecule has 5 rings (SSSR count). The molecule has 2 aliphatic heterocycles. The Bertz CT molecular complexity index is 1430. The number of carbonyl (C=O) groups excluding carboxylic acids is 4. The lowest BCUT2D eigenvalue weighted by molar-refractivity contribution is -0.135. The van der Waals surface area contributed by atoms with Crippen molar-refractivity contribution in [3.8, 4) is 0 Å². The van der Waals surface area contributed by atoms with Crippen LogP contribution in [0.1, 0.15) is 42.9 Å². The molecule has 3 aliphatic rings. The first kappa shape index (κ1) is 31.5. The maximum atomic E-state index is 14.2. The van der Waals surface area contributed by atoms with Crippen molar-refractivity contribution in [3.63, 3.8) is 0 Å². The number of hydrogen-bond acceptors (Lipinski definition) is 7. The molecule has 1 saturated carbocycles. The lowest BCUT2D eigenvalue weighted by Crippen LogP contribution is -2.49. The second-order valence-corrected chi connectivity index (χ2v) is 12.0. The molecule has 5 N–H and O–H groups in total. The standard InChI is InChI=1S/C30H38ClFN8O4/c1-37-12-10-20(11-13-37)38(2)30(44)35-19-6-9-24-22(14-19)28(29(33)43)36-40(24)17-26(42)39(21-7-8-21)16-25(41)34-15-18-4-3-5-23(31)27(18)32/h3-6,9,14,20-21,28,36H,7-8,10-13,15-17H2,1-2H3,(H2,33,43)(H,34,41)(H,35,44)/t28-/m1/s1. The molecule has 2 heterocycles. The molecule has 14 heteroatoms. The van der Waals surface area contributed by atoms with Crippen LogP contribution in [0.2, 0.25) is 5.02 Å². The molecule has 0 bridgehead atoms. The van der Waals surface area contributed by atoms with E-state index in [9.17, 15) is 23.6 Å². The van der Waals surface area contributed by atoms with Gasteiger partial charge in [0.25, 0.3) is 0 Å². The van der Waals surface area contributed by atoms with Crippen molar-refractivity contribution in [1.82, 2.24) is 25.4 Å². The molecular formula is C30H38ClFN8O4. The highest BCUT2D eigenvalue weighted by Gasteiger charge is 2.38. The summed E-state index contributed by atoms with van der Waals surface area (Å²) >= 11 is 5.83. The van der Waals surface area contributed by atoms with E-state index in [0.29, 0.717) is 16.9 Å². The van der Waals surface area contributed by atoms with Gasteiger partial charge in [-0.2, -0.15) is 0 Å². The van der Waals surface area contributed by atoms with Crippen molar-refractivity contribution >= 4 is 46.7 Å². The number of hydrogen-bond donors (Lipinski definition) is 4. The number of piperidine rings is 1. The number of likely N-dealkylation sites (tertiary alicyclic amines) is 1. The number of nitrogens with one attached hydrogen (secondary N) is 3. The van der Waals surface area contributed by atoms with E-state index >= 15 is 0 Å². The van der Waals surface area contributed by atoms with E-state index in [1.54, 1.807) is 36.2 Å². The minimum Gasteiger partial charge on any atom is -0.368 e. The van der Waals surface area contributed by atoms with Gasteiger partial charge in [0.2, 0.25) is 17.7 Å². The molecule has 236 valence electrons. The van der Waals surface area contributed by atoms with E-state index in [2.05, 4.69) is 28.0 Å². The summed E-state index contributed by atoms with van der Waals surface area (Å²) in [5, 5.41) is 7.08. The van der Waals surface area contributed by atoms with Gasteiger partial charge in [0.05, 0.1) is 17.3 Å². The molecule has 0 spiro atoms. The SMILES string of the molecule is CN1CCC(N(C)C(=O)Nc2ccc3c(c2)[C@H](C(N)=O)NN3CC(=O)N(CC(=O)NCc2cccc(Cl)c2F)C2CC2)CC1. The zero-order valence-corrected chi connectivity index (χ0v) is 25.6. The average Bonchev–Trinajstić information content (AvgIpc) is 3.78. The summed E-state index contributed by atoms with van der Waals surface area (Å²) in [6.45, 7) is 1.43. The summed E-state index contributed by atoms with van der Waals surface area (Å²) in [4.78, 5) is 57.0. The quantitative estimate of drug-likeness (QED) is 0.316. The molecule has 2 fully saturated rings. The predicted octanol–water partition coefficient (Wildman–Crippen LogP) is 2.20. The molecule has 0 unspecified atom stereocenters. The first-order chi connectivity index (χ1) is 21.0. The molecule has 1 atom stereocenters. The Morgan fingerprint density at radius 3 is 2.50 bits per heavy atom. The largest absolute Gasteiger partial charge is 0.368 e. The summed E-state index contributed by atoms with van der Waals surface area (Å²) in [7, 11) is 3.84. The summed E-state index contributed by atoms with van der Waals surface area (Å²) < 4.78 is 14.2. The third-order valence-electron chi connectivity index (χ3n) is 8.43. The molecule has 5 amide bonds. The number of fused-ring (bicyclic) bond motifs is 1. The van der Waals surface area contributed by atoms with Crippen LogP contribution < -0.4 is 26.8 Å². The first-order valence-electron chi connectivity index (χ1n) is 14.7. The Morgan fingerprint density at radius 2 is 1.82 bits per heavy atom. The van der Waals surface area contributed by atoms with E-state index in [0.717, 1.165) is 38.8 Å². The lowest BCUT2D eigenvalue weighted by Gasteiger charge is -2.35. The van der Waals surface area contributed by atoms with Crippen LogP contribution in [0.5, 0.6) is 0 Å². The van der Waals surface area contributed by atoms with Gasteiger partial charge in [-0.05, 0) is 70.1 Å². The van der Waals surface area contributed by atoms with Crippen LogP contribution in [0.4, 0.5) is 20.6 Å². The van der Waals surface area contributed by atoms with Gasteiger partial charge in [-0.25, -0.2) is 14.6 Å². The van der Waals surface area contributed by atoms with Gasteiger partial charge in [-0.1, -0.05) is 23.7 Å². The molecule has 2 aromatic rings. The second kappa shape index (κ2) is 13.4. The highest BCUT2D eigenvalue weighted by molar-refractivity contribution is 6.30.